The maximum absolute atomic E-state index is 12.1. The van der Waals surface area contributed by atoms with Crippen molar-refractivity contribution in [3.05, 3.63) is 52.3 Å². The van der Waals surface area contributed by atoms with E-state index >= 15 is 0 Å². The summed E-state index contributed by atoms with van der Waals surface area (Å²) in [6, 6.07) is 9.26. The van der Waals surface area contributed by atoms with Crippen LogP contribution in [0.1, 0.15) is 18.2 Å². The molecule has 0 aliphatic heterocycles. The third-order valence-corrected chi connectivity index (χ3v) is 4.24. The molecule has 22 heavy (non-hydrogen) atoms. The number of carbonyl (C=O) groups is 1. The van der Waals surface area contributed by atoms with Gasteiger partial charge in [-0.15, -0.1) is 0 Å². The number of carbonyl (C=O) groups excluding carboxylic acids is 1. The highest BCUT2D eigenvalue weighted by molar-refractivity contribution is 7.08. The Morgan fingerprint density at radius 1 is 1.41 bits per heavy atom. The summed E-state index contributed by atoms with van der Waals surface area (Å²) in [6.45, 7) is 1.83. The van der Waals surface area contributed by atoms with Gasteiger partial charge in [0.1, 0.15) is 11.3 Å². The summed E-state index contributed by atoms with van der Waals surface area (Å²) >= 11 is 1.51. The van der Waals surface area contributed by atoms with Gasteiger partial charge in [-0.25, -0.2) is 0 Å². The summed E-state index contributed by atoms with van der Waals surface area (Å²) in [6.07, 6.45) is 0.122. The summed E-state index contributed by atoms with van der Waals surface area (Å²) in [7, 11) is 0. The average Bonchev–Trinajstić information content (AvgIpc) is 3.16. The maximum Gasteiger partial charge on any atom is 0.226 e. The molecule has 0 spiro atoms. The fourth-order valence-electron chi connectivity index (χ4n) is 2.22. The van der Waals surface area contributed by atoms with Crippen molar-refractivity contribution in [3.63, 3.8) is 0 Å². The normalized spacial score (nSPS) is 13.9. The molecule has 2 heterocycles. The van der Waals surface area contributed by atoms with Crippen LogP contribution in [0, 0.1) is 0 Å². The summed E-state index contributed by atoms with van der Waals surface area (Å²) in [5, 5.41) is 21.7. The molecule has 0 bridgehead atoms. The Morgan fingerprint density at radius 3 is 3.00 bits per heavy atom. The summed E-state index contributed by atoms with van der Waals surface area (Å²) in [5.41, 5.74) is 0.977. The molecule has 114 valence electrons. The number of hydrogen-bond donors (Lipinski definition) is 2. The van der Waals surface area contributed by atoms with Crippen molar-refractivity contribution in [2.45, 2.75) is 18.9 Å². The zero-order valence-corrected chi connectivity index (χ0v) is 12.9. The first-order chi connectivity index (χ1) is 10.6. The molecule has 0 saturated carbocycles. The highest BCUT2D eigenvalue weighted by Gasteiger charge is 2.24. The van der Waals surface area contributed by atoms with Gasteiger partial charge in [0.25, 0.3) is 0 Å². The topological polar surface area (TPSA) is 75.4 Å². The van der Waals surface area contributed by atoms with Crippen molar-refractivity contribution < 1.29 is 14.4 Å². The number of aromatic nitrogens is 1. The Balaban J connectivity index is 1.63. The van der Waals surface area contributed by atoms with Gasteiger partial charge in [-0.3, -0.25) is 4.79 Å². The second kappa shape index (κ2) is 5.90. The Morgan fingerprint density at radius 2 is 2.23 bits per heavy atom. The van der Waals surface area contributed by atoms with Crippen LogP contribution < -0.4 is 5.32 Å². The van der Waals surface area contributed by atoms with Gasteiger partial charge >= 0.3 is 0 Å². The van der Waals surface area contributed by atoms with E-state index in [1.807, 2.05) is 41.1 Å². The maximum atomic E-state index is 12.1. The Bertz CT molecular complexity index is 778. The van der Waals surface area contributed by atoms with Crippen molar-refractivity contribution >= 4 is 28.2 Å². The first-order valence-electron chi connectivity index (χ1n) is 6.91. The number of fused-ring (bicyclic) bond motifs is 1. The quantitative estimate of drug-likeness (QED) is 0.758. The minimum Gasteiger partial charge on any atom is -0.384 e. The number of amides is 1. The number of rotatable bonds is 5. The van der Waals surface area contributed by atoms with Gasteiger partial charge < -0.3 is 14.9 Å². The Kier molecular flexibility index (Phi) is 3.96. The summed E-state index contributed by atoms with van der Waals surface area (Å²) in [4.78, 5) is 12.1. The van der Waals surface area contributed by atoms with Gasteiger partial charge in [-0.05, 0) is 41.4 Å². The summed E-state index contributed by atoms with van der Waals surface area (Å²) in [5.74, 6) is -0.199. The lowest BCUT2D eigenvalue weighted by atomic mass is 9.99. The zero-order valence-electron chi connectivity index (χ0n) is 12.1. The van der Waals surface area contributed by atoms with Gasteiger partial charge in [0, 0.05) is 5.39 Å². The van der Waals surface area contributed by atoms with Crippen LogP contribution in [-0.4, -0.2) is 22.7 Å². The van der Waals surface area contributed by atoms with Gasteiger partial charge in [0.05, 0.1) is 13.0 Å². The molecule has 3 aromatic rings. The van der Waals surface area contributed by atoms with Crippen LogP contribution in [0.2, 0.25) is 0 Å². The highest BCUT2D eigenvalue weighted by atomic mass is 32.1. The Labute approximate surface area is 131 Å². The van der Waals surface area contributed by atoms with E-state index in [9.17, 15) is 9.90 Å². The van der Waals surface area contributed by atoms with E-state index in [2.05, 4.69) is 10.5 Å². The third kappa shape index (κ3) is 3.03. The number of hydrogen-bond acceptors (Lipinski definition) is 5. The number of aliphatic hydroxyl groups is 1. The van der Waals surface area contributed by atoms with E-state index in [4.69, 9.17) is 4.52 Å². The molecule has 0 saturated heterocycles. The molecule has 1 amide bonds. The van der Waals surface area contributed by atoms with Crippen LogP contribution in [0.5, 0.6) is 0 Å². The summed E-state index contributed by atoms with van der Waals surface area (Å²) < 4.78 is 5.18. The number of nitrogens with zero attached hydrogens (tertiary/aromatic N) is 1. The fourth-order valence-corrected chi connectivity index (χ4v) is 3.01. The number of thiophene rings is 1. The average molecular weight is 316 g/mol. The second-order valence-corrected chi connectivity index (χ2v) is 6.14. The lowest BCUT2D eigenvalue weighted by Crippen LogP contribution is -2.39. The molecule has 5 nitrogen and oxygen atoms in total. The van der Waals surface area contributed by atoms with Gasteiger partial charge in [-0.1, -0.05) is 17.3 Å². The predicted octanol–water partition coefficient (Wildman–Crippen LogP) is 2.46. The van der Waals surface area contributed by atoms with Crippen LogP contribution in [0.3, 0.4) is 0 Å². The third-order valence-electron chi connectivity index (χ3n) is 3.55. The van der Waals surface area contributed by atoms with Crippen molar-refractivity contribution in [3.8, 4) is 0 Å². The van der Waals surface area contributed by atoms with E-state index in [0.717, 1.165) is 10.9 Å². The molecular formula is C16H16N2O3S. The Hall–Kier alpha value is -2.18. The van der Waals surface area contributed by atoms with Gasteiger partial charge in [0.15, 0.2) is 5.58 Å². The van der Waals surface area contributed by atoms with E-state index < -0.39 is 5.60 Å². The monoisotopic (exact) mass is 316 g/mol. The molecule has 3 rings (SSSR count). The second-order valence-electron chi connectivity index (χ2n) is 5.36. The van der Waals surface area contributed by atoms with Crippen molar-refractivity contribution in [2.75, 3.05) is 6.54 Å². The van der Waals surface area contributed by atoms with Gasteiger partial charge in [-0.2, -0.15) is 11.3 Å². The first kappa shape index (κ1) is 14.7. The fraction of sp³-hybridized carbons (Fsp3) is 0.250. The highest BCUT2D eigenvalue weighted by Crippen LogP contribution is 2.22. The van der Waals surface area contributed by atoms with Crippen molar-refractivity contribution in [1.82, 2.24) is 10.5 Å². The molecule has 1 unspecified atom stereocenters. The standard InChI is InChI=1S/C16H16N2O3S/c1-16(20,11-6-7-22-9-11)10-17-15(19)8-13-12-4-2-3-5-14(12)21-18-13/h2-7,9,20H,8,10H2,1H3,(H,17,19). The molecule has 2 N–H and O–H groups in total. The van der Waals surface area contributed by atoms with Crippen LogP contribution in [-0.2, 0) is 16.8 Å². The predicted molar refractivity (Wildman–Crippen MR) is 84.6 cm³/mol. The van der Waals surface area contributed by atoms with E-state index in [1.165, 1.54) is 11.3 Å². The van der Waals surface area contributed by atoms with E-state index in [1.54, 1.807) is 6.92 Å². The SMILES string of the molecule is CC(O)(CNC(=O)Cc1noc2ccccc12)c1ccsc1. The molecular weight excluding hydrogens is 300 g/mol. The van der Waals surface area contributed by atoms with E-state index in [-0.39, 0.29) is 18.9 Å². The number of benzene rings is 1. The van der Waals surface area contributed by atoms with Gasteiger partial charge in [0.2, 0.25) is 5.91 Å². The molecule has 0 radical (unpaired) electrons. The first-order valence-corrected chi connectivity index (χ1v) is 7.85. The molecule has 0 aliphatic rings. The zero-order chi connectivity index (χ0) is 15.6. The molecule has 1 aromatic carbocycles. The minimum atomic E-state index is -1.08. The van der Waals surface area contributed by atoms with Crippen LogP contribution in [0.25, 0.3) is 11.0 Å². The minimum absolute atomic E-state index is 0.122. The lowest BCUT2D eigenvalue weighted by Gasteiger charge is -2.22. The number of para-hydroxylation sites is 1. The molecule has 0 fully saturated rings. The largest absolute Gasteiger partial charge is 0.384 e. The van der Waals surface area contributed by atoms with Crippen LogP contribution >= 0.6 is 11.3 Å². The van der Waals surface area contributed by atoms with Crippen LogP contribution in [0.4, 0.5) is 0 Å². The molecule has 0 aliphatic carbocycles. The van der Waals surface area contributed by atoms with Crippen molar-refractivity contribution in [1.29, 1.82) is 0 Å². The molecule has 2 aromatic heterocycles. The van der Waals surface area contributed by atoms with Crippen LogP contribution in [0.15, 0.2) is 45.6 Å². The molecule has 6 heteroatoms. The molecule has 1 atom stereocenters. The lowest BCUT2D eigenvalue weighted by molar-refractivity contribution is -0.121. The van der Waals surface area contributed by atoms with E-state index in [0.29, 0.717) is 11.3 Å². The smallest absolute Gasteiger partial charge is 0.226 e. The van der Waals surface area contributed by atoms with Crippen molar-refractivity contribution in [2.24, 2.45) is 0 Å². The number of nitrogens with one attached hydrogen (secondary N) is 1.